The van der Waals surface area contributed by atoms with Gasteiger partial charge in [0.25, 0.3) is 0 Å². The maximum atomic E-state index is 14.4. The van der Waals surface area contributed by atoms with Crippen LogP contribution in [0.25, 0.3) is 28.0 Å². The normalized spacial score (nSPS) is 11.2. The summed E-state index contributed by atoms with van der Waals surface area (Å²) in [5.74, 6) is -1.30. The van der Waals surface area contributed by atoms with Crippen molar-refractivity contribution in [3.63, 3.8) is 0 Å². The van der Waals surface area contributed by atoms with Crippen LogP contribution in [-0.4, -0.2) is 24.6 Å². The predicted octanol–water partition coefficient (Wildman–Crippen LogP) is 3.02. The van der Waals surface area contributed by atoms with E-state index in [9.17, 15) is 8.78 Å². The Bertz CT molecular complexity index is 1110. The van der Waals surface area contributed by atoms with Gasteiger partial charge in [0.2, 0.25) is 5.95 Å². The van der Waals surface area contributed by atoms with Gasteiger partial charge in [-0.2, -0.15) is 0 Å². The zero-order chi connectivity index (χ0) is 17.6. The van der Waals surface area contributed by atoms with E-state index >= 15 is 0 Å². The van der Waals surface area contributed by atoms with Crippen LogP contribution in [-0.2, 0) is 0 Å². The van der Waals surface area contributed by atoms with Gasteiger partial charge in [0.05, 0.1) is 11.3 Å². The van der Waals surface area contributed by atoms with E-state index in [1.54, 1.807) is 12.3 Å². The fourth-order valence-corrected chi connectivity index (χ4v) is 2.75. The maximum absolute atomic E-state index is 14.4. The largest absolute Gasteiger partial charge is 0.369 e. The van der Waals surface area contributed by atoms with E-state index in [-0.39, 0.29) is 17.2 Å². The van der Waals surface area contributed by atoms with Crippen molar-refractivity contribution >= 4 is 11.6 Å². The lowest BCUT2D eigenvalue weighted by molar-refractivity contribution is 0.585. The van der Waals surface area contributed by atoms with Gasteiger partial charge in [-0.05, 0) is 36.8 Å². The van der Waals surface area contributed by atoms with Crippen molar-refractivity contribution in [3.05, 3.63) is 60.2 Å². The number of rotatable bonds is 2. The Morgan fingerprint density at radius 3 is 2.72 bits per heavy atom. The van der Waals surface area contributed by atoms with Gasteiger partial charge in [-0.1, -0.05) is 0 Å². The number of hydrogen-bond acceptors (Lipinski definition) is 5. The number of aryl methyl sites for hydroxylation is 1. The molecule has 0 amide bonds. The van der Waals surface area contributed by atoms with Crippen molar-refractivity contribution in [2.24, 2.45) is 0 Å². The number of nitrogens with zero attached hydrogens (tertiary/aromatic N) is 5. The van der Waals surface area contributed by atoms with Crippen molar-refractivity contribution in [2.45, 2.75) is 6.92 Å². The Morgan fingerprint density at radius 2 is 1.96 bits per heavy atom. The van der Waals surface area contributed by atoms with E-state index in [0.29, 0.717) is 11.2 Å². The Balaban J connectivity index is 2.12. The molecule has 3 aromatic heterocycles. The minimum absolute atomic E-state index is 0.105. The van der Waals surface area contributed by atoms with E-state index in [4.69, 9.17) is 5.73 Å². The van der Waals surface area contributed by atoms with Crippen LogP contribution in [0, 0.1) is 18.6 Å². The summed E-state index contributed by atoms with van der Waals surface area (Å²) in [5, 5.41) is 7.96. The lowest BCUT2D eigenvalue weighted by Gasteiger charge is -2.13. The van der Waals surface area contributed by atoms with Crippen molar-refractivity contribution in [1.82, 2.24) is 24.6 Å². The van der Waals surface area contributed by atoms with Crippen molar-refractivity contribution in [3.8, 4) is 22.4 Å². The highest BCUT2D eigenvalue weighted by Gasteiger charge is 2.20. The van der Waals surface area contributed by atoms with Crippen molar-refractivity contribution < 1.29 is 8.78 Å². The smallest absolute Gasteiger partial charge is 0.207 e. The second-order valence-electron chi connectivity index (χ2n) is 5.53. The molecular weight excluding hydrogens is 326 g/mol. The molecule has 0 unspecified atom stereocenters. The molecule has 0 radical (unpaired) electrons. The van der Waals surface area contributed by atoms with E-state index in [0.717, 1.165) is 17.3 Å². The average molecular weight is 338 g/mol. The topological polar surface area (TPSA) is 82.0 Å². The Labute approximate surface area is 141 Å². The summed E-state index contributed by atoms with van der Waals surface area (Å²) in [5.41, 5.74) is 8.83. The van der Waals surface area contributed by atoms with E-state index < -0.39 is 11.6 Å². The summed E-state index contributed by atoms with van der Waals surface area (Å²) in [4.78, 5) is 8.49. The van der Waals surface area contributed by atoms with Crippen LogP contribution in [0.3, 0.4) is 0 Å². The van der Waals surface area contributed by atoms with Gasteiger partial charge in [0.15, 0.2) is 5.65 Å². The summed E-state index contributed by atoms with van der Waals surface area (Å²) in [7, 11) is 0. The van der Waals surface area contributed by atoms with Gasteiger partial charge < -0.3 is 5.73 Å². The monoisotopic (exact) mass is 338 g/mol. The van der Waals surface area contributed by atoms with Crippen LogP contribution in [0.15, 0.2) is 42.9 Å². The number of fused-ring (bicyclic) bond motifs is 1. The highest BCUT2D eigenvalue weighted by molar-refractivity contribution is 5.90. The number of hydrogen-bond donors (Lipinski definition) is 1. The quantitative estimate of drug-likeness (QED) is 0.607. The molecule has 3 heterocycles. The highest BCUT2D eigenvalue weighted by Crippen LogP contribution is 2.35. The number of benzene rings is 1. The van der Waals surface area contributed by atoms with Gasteiger partial charge in [-0.15, -0.1) is 10.2 Å². The molecule has 124 valence electrons. The summed E-state index contributed by atoms with van der Waals surface area (Å²) in [6.07, 6.45) is 3.07. The van der Waals surface area contributed by atoms with Crippen LogP contribution in [0.4, 0.5) is 14.7 Å². The third-order valence-corrected chi connectivity index (χ3v) is 3.85. The molecule has 8 heteroatoms. The lowest BCUT2D eigenvalue weighted by Crippen LogP contribution is -2.05. The van der Waals surface area contributed by atoms with Gasteiger partial charge in [-0.3, -0.25) is 9.38 Å². The molecule has 4 aromatic rings. The fourth-order valence-electron chi connectivity index (χ4n) is 2.75. The third kappa shape index (κ3) is 2.47. The van der Waals surface area contributed by atoms with E-state index in [1.165, 1.54) is 22.9 Å². The van der Waals surface area contributed by atoms with Crippen LogP contribution >= 0.6 is 0 Å². The van der Waals surface area contributed by atoms with Crippen LogP contribution < -0.4 is 5.73 Å². The first-order valence-corrected chi connectivity index (χ1v) is 7.42. The Hall–Kier alpha value is -3.42. The molecule has 0 aliphatic heterocycles. The van der Waals surface area contributed by atoms with Crippen LogP contribution in [0.2, 0.25) is 0 Å². The second kappa shape index (κ2) is 5.59. The van der Waals surface area contributed by atoms with Gasteiger partial charge >= 0.3 is 0 Å². The number of halogens is 2. The first-order chi connectivity index (χ1) is 12.0. The molecule has 1 aromatic carbocycles. The molecule has 25 heavy (non-hydrogen) atoms. The molecular formula is C17H12F2N6. The summed E-state index contributed by atoms with van der Waals surface area (Å²) < 4.78 is 29.2. The minimum Gasteiger partial charge on any atom is -0.369 e. The molecule has 0 spiro atoms. The van der Waals surface area contributed by atoms with Gasteiger partial charge in [0.1, 0.15) is 18.0 Å². The van der Waals surface area contributed by atoms with Crippen LogP contribution in [0.5, 0.6) is 0 Å². The first kappa shape index (κ1) is 15.1. The number of pyridine rings is 1. The average Bonchev–Trinajstić information content (AvgIpc) is 3.05. The lowest BCUT2D eigenvalue weighted by atomic mass is 10.00. The maximum Gasteiger partial charge on any atom is 0.207 e. The molecule has 0 saturated carbocycles. The third-order valence-electron chi connectivity index (χ3n) is 3.85. The Kier molecular flexibility index (Phi) is 3.38. The molecule has 0 saturated heterocycles. The number of anilines is 1. The van der Waals surface area contributed by atoms with Gasteiger partial charge in [0, 0.05) is 23.5 Å². The Morgan fingerprint density at radius 1 is 1.12 bits per heavy atom. The van der Waals surface area contributed by atoms with E-state index in [2.05, 4.69) is 20.2 Å². The molecule has 2 N–H and O–H groups in total. The zero-order valence-electron chi connectivity index (χ0n) is 13.1. The molecule has 4 rings (SSSR count). The number of nitrogen functional groups attached to an aromatic ring is 1. The predicted molar refractivity (Wildman–Crippen MR) is 88.5 cm³/mol. The SMILES string of the molecule is Cc1cc(-c2c(-c3ccc(F)cc3F)nc(N)n3cnnc23)ccn1. The van der Waals surface area contributed by atoms with E-state index in [1.807, 2.05) is 13.0 Å². The second-order valence-corrected chi connectivity index (χ2v) is 5.53. The van der Waals surface area contributed by atoms with Crippen LogP contribution in [0.1, 0.15) is 5.69 Å². The summed E-state index contributed by atoms with van der Waals surface area (Å²) in [6.45, 7) is 1.84. The minimum atomic E-state index is -0.734. The zero-order valence-corrected chi connectivity index (χ0v) is 13.1. The molecule has 0 bridgehead atoms. The molecule has 0 aliphatic rings. The molecule has 0 atom stereocenters. The number of nitrogens with two attached hydrogens (primary N) is 1. The standard InChI is InChI=1S/C17H12F2N6/c1-9-6-10(4-5-21-9)14-15(12-3-2-11(18)7-13(12)19)23-17(20)25-8-22-24-16(14)25/h2-8H,1H3,(H2,20,23). The van der Waals surface area contributed by atoms with Crippen molar-refractivity contribution in [1.29, 1.82) is 0 Å². The van der Waals surface area contributed by atoms with Gasteiger partial charge in [-0.25, -0.2) is 13.8 Å². The summed E-state index contributed by atoms with van der Waals surface area (Å²) in [6, 6.07) is 6.90. The first-order valence-electron chi connectivity index (χ1n) is 7.42. The highest BCUT2D eigenvalue weighted by atomic mass is 19.1. The molecule has 6 nitrogen and oxygen atoms in total. The summed E-state index contributed by atoms with van der Waals surface area (Å²) >= 11 is 0. The molecule has 0 aliphatic carbocycles. The fraction of sp³-hybridized carbons (Fsp3) is 0.0588. The molecule has 0 fully saturated rings. The number of aromatic nitrogens is 5. The van der Waals surface area contributed by atoms with Crippen molar-refractivity contribution in [2.75, 3.05) is 5.73 Å².